The van der Waals surface area contributed by atoms with Crippen LogP contribution in [0.3, 0.4) is 0 Å². The first-order chi connectivity index (χ1) is 18.1. The van der Waals surface area contributed by atoms with Crippen LogP contribution in [0.2, 0.25) is 0 Å². The molecule has 10 nitrogen and oxygen atoms in total. The summed E-state index contributed by atoms with van der Waals surface area (Å²) in [6.45, 7) is 8.50. The Kier molecular flexibility index (Phi) is 6.73. The number of fused-ring (bicyclic) bond motifs is 1. The lowest BCUT2D eigenvalue weighted by Crippen LogP contribution is -2.59. The Balaban J connectivity index is 1.09. The molecule has 1 saturated heterocycles. The molecule has 1 aromatic carbocycles. The molecule has 0 atom stereocenters. The van der Waals surface area contributed by atoms with Crippen LogP contribution in [0.5, 0.6) is 0 Å². The van der Waals surface area contributed by atoms with E-state index in [0.29, 0.717) is 19.0 Å². The second-order valence-corrected chi connectivity index (χ2v) is 11.4. The molecule has 38 heavy (non-hydrogen) atoms. The number of hydrogen-bond acceptors (Lipinski definition) is 8. The molecule has 1 amide bonds. The molecule has 10 heteroatoms. The van der Waals surface area contributed by atoms with Crippen molar-refractivity contribution < 1.29 is 14.3 Å². The van der Waals surface area contributed by atoms with Crippen LogP contribution in [0.25, 0.3) is 6.08 Å². The first-order valence-corrected chi connectivity index (χ1v) is 12.8. The number of aromatic nitrogens is 5. The molecular formula is C28H33N7O3. The van der Waals surface area contributed by atoms with E-state index in [1.807, 2.05) is 6.92 Å². The van der Waals surface area contributed by atoms with E-state index in [1.54, 1.807) is 56.4 Å². The van der Waals surface area contributed by atoms with Gasteiger partial charge in [0.15, 0.2) is 6.73 Å². The van der Waals surface area contributed by atoms with Gasteiger partial charge in [-0.05, 0) is 50.8 Å². The van der Waals surface area contributed by atoms with Crippen LogP contribution in [0.1, 0.15) is 50.1 Å². The van der Waals surface area contributed by atoms with Gasteiger partial charge >= 0.3 is 5.97 Å². The van der Waals surface area contributed by atoms with Gasteiger partial charge in [0, 0.05) is 48.6 Å². The van der Waals surface area contributed by atoms with Gasteiger partial charge in [0.05, 0.1) is 17.3 Å². The maximum absolute atomic E-state index is 12.7. The molecule has 1 aliphatic heterocycles. The summed E-state index contributed by atoms with van der Waals surface area (Å²) in [4.78, 5) is 35.2. The second-order valence-electron chi connectivity index (χ2n) is 11.4. The van der Waals surface area contributed by atoms with Gasteiger partial charge < -0.3 is 15.0 Å². The fourth-order valence-electron chi connectivity index (χ4n) is 4.71. The molecular weight excluding hydrogens is 482 g/mol. The van der Waals surface area contributed by atoms with Crippen molar-refractivity contribution in [2.24, 2.45) is 5.41 Å². The van der Waals surface area contributed by atoms with E-state index < -0.39 is 5.41 Å². The Bertz CT molecular complexity index is 1330. The maximum Gasteiger partial charge on any atom is 0.313 e. The van der Waals surface area contributed by atoms with Crippen LogP contribution in [0.15, 0.2) is 48.9 Å². The number of hydrogen-bond donors (Lipinski definition) is 1. The van der Waals surface area contributed by atoms with Crippen LogP contribution >= 0.6 is 0 Å². The predicted molar refractivity (Wildman–Crippen MR) is 142 cm³/mol. The molecule has 0 saturated carbocycles. The van der Waals surface area contributed by atoms with Crippen LogP contribution in [-0.2, 0) is 39.3 Å². The lowest BCUT2D eigenvalue weighted by molar-refractivity contribution is -0.157. The highest BCUT2D eigenvalue weighted by Gasteiger charge is 2.44. The van der Waals surface area contributed by atoms with Crippen molar-refractivity contribution in [3.05, 3.63) is 71.3 Å². The highest BCUT2D eigenvalue weighted by Crippen LogP contribution is 2.33. The zero-order valence-corrected chi connectivity index (χ0v) is 22.2. The van der Waals surface area contributed by atoms with E-state index in [-0.39, 0.29) is 30.1 Å². The van der Waals surface area contributed by atoms with Crippen LogP contribution in [0.4, 0.5) is 5.95 Å². The number of anilines is 1. The first-order valence-electron chi connectivity index (χ1n) is 12.8. The Morgan fingerprint density at radius 3 is 2.42 bits per heavy atom. The number of rotatable bonds is 7. The fourth-order valence-corrected chi connectivity index (χ4v) is 4.71. The van der Waals surface area contributed by atoms with Gasteiger partial charge in [-0.3, -0.25) is 9.59 Å². The molecule has 1 fully saturated rings. The zero-order chi connectivity index (χ0) is 26.9. The lowest BCUT2D eigenvalue weighted by Gasteiger charge is -2.46. The summed E-state index contributed by atoms with van der Waals surface area (Å²) in [5, 5.41) is 11.7. The van der Waals surface area contributed by atoms with E-state index in [0.717, 1.165) is 24.1 Å². The molecule has 5 rings (SSSR count). The van der Waals surface area contributed by atoms with Crippen molar-refractivity contribution in [2.75, 3.05) is 18.4 Å². The summed E-state index contributed by atoms with van der Waals surface area (Å²) in [5.74, 6) is 0.204. The predicted octanol–water partition coefficient (Wildman–Crippen LogP) is 3.01. The summed E-state index contributed by atoms with van der Waals surface area (Å²) in [6, 6.07) is 8.76. The molecule has 0 bridgehead atoms. The van der Waals surface area contributed by atoms with Crippen LogP contribution in [-0.4, -0.2) is 60.9 Å². The summed E-state index contributed by atoms with van der Waals surface area (Å²) in [6.07, 6.45) is 10.4. The van der Waals surface area contributed by atoms with E-state index in [1.165, 1.54) is 15.8 Å². The van der Waals surface area contributed by atoms with Gasteiger partial charge in [0.2, 0.25) is 11.9 Å². The van der Waals surface area contributed by atoms with Crippen LogP contribution < -0.4 is 5.32 Å². The van der Waals surface area contributed by atoms with E-state index in [9.17, 15) is 9.59 Å². The minimum atomic E-state index is -0.578. The fraction of sp³-hybridized carbons (Fsp3) is 0.429. The number of carbonyl (C=O) groups is 2. The summed E-state index contributed by atoms with van der Waals surface area (Å²) in [7, 11) is 0. The number of ether oxygens (including phenoxy) is 1. The average Bonchev–Trinajstić information content (AvgIpc) is 3.51. The number of nitrogens with zero attached hydrogens (tertiary/aromatic N) is 6. The van der Waals surface area contributed by atoms with Crippen molar-refractivity contribution >= 4 is 23.9 Å². The topological polar surface area (TPSA) is 115 Å². The van der Waals surface area contributed by atoms with Crippen molar-refractivity contribution in [3.8, 4) is 0 Å². The summed E-state index contributed by atoms with van der Waals surface area (Å²) < 4.78 is 6.79. The average molecular weight is 516 g/mol. The van der Waals surface area contributed by atoms with Gasteiger partial charge in [-0.1, -0.05) is 36.4 Å². The molecule has 3 heterocycles. The van der Waals surface area contributed by atoms with Crippen molar-refractivity contribution in [1.29, 1.82) is 0 Å². The molecule has 2 aliphatic rings. The third-order valence-corrected chi connectivity index (χ3v) is 6.96. The van der Waals surface area contributed by atoms with E-state index in [4.69, 9.17) is 4.74 Å². The number of carbonyl (C=O) groups excluding carboxylic acids is 2. The monoisotopic (exact) mass is 515 g/mol. The highest BCUT2D eigenvalue weighted by atomic mass is 16.5. The third-order valence-electron chi connectivity index (χ3n) is 6.96. The van der Waals surface area contributed by atoms with Crippen LogP contribution in [0, 0.1) is 5.41 Å². The van der Waals surface area contributed by atoms with Gasteiger partial charge in [0.1, 0.15) is 0 Å². The number of nitrogens with one attached hydrogen (secondary N) is 1. The van der Waals surface area contributed by atoms with Gasteiger partial charge in [-0.2, -0.15) is 0 Å². The molecule has 1 N–H and O–H groups in total. The van der Waals surface area contributed by atoms with E-state index >= 15 is 0 Å². The maximum atomic E-state index is 12.7. The van der Waals surface area contributed by atoms with Crippen molar-refractivity contribution in [1.82, 2.24) is 29.9 Å². The third kappa shape index (κ3) is 5.58. The van der Waals surface area contributed by atoms with Gasteiger partial charge in [0.25, 0.3) is 0 Å². The van der Waals surface area contributed by atoms with E-state index in [2.05, 4.69) is 49.9 Å². The van der Waals surface area contributed by atoms with Gasteiger partial charge in [-0.15, -0.1) is 5.10 Å². The Morgan fingerprint density at radius 1 is 1.13 bits per heavy atom. The molecule has 3 aromatic rings. The smallest absolute Gasteiger partial charge is 0.313 e. The highest BCUT2D eigenvalue weighted by molar-refractivity contribution is 5.92. The lowest BCUT2D eigenvalue weighted by atomic mass is 9.79. The molecule has 0 radical (unpaired) electrons. The minimum Gasteiger partial charge on any atom is -0.442 e. The Labute approximate surface area is 222 Å². The first kappa shape index (κ1) is 25.6. The van der Waals surface area contributed by atoms with Crippen molar-refractivity contribution in [2.45, 2.75) is 58.7 Å². The minimum absolute atomic E-state index is 0.00918. The molecule has 0 unspecified atom stereocenters. The van der Waals surface area contributed by atoms with Crippen molar-refractivity contribution in [3.63, 3.8) is 0 Å². The summed E-state index contributed by atoms with van der Waals surface area (Å²) in [5.41, 5.74) is 3.39. The number of amides is 1. The van der Waals surface area contributed by atoms with Gasteiger partial charge in [-0.25, -0.2) is 14.6 Å². The molecule has 1 aliphatic carbocycles. The quantitative estimate of drug-likeness (QED) is 0.377. The number of benzene rings is 1. The normalized spacial score (nSPS) is 16.8. The zero-order valence-electron chi connectivity index (χ0n) is 22.2. The number of esters is 1. The molecule has 0 spiro atoms. The molecule has 198 valence electrons. The number of likely N-dealkylation sites (tertiary alicyclic amines) is 1. The summed E-state index contributed by atoms with van der Waals surface area (Å²) >= 11 is 0. The Morgan fingerprint density at radius 2 is 1.79 bits per heavy atom. The Hall–Kier alpha value is -4.08. The second kappa shape index (κ2) is 10.00. The largest absolute Gasteiger partial charge is 0.442 e. The SMILES string of the molecule is CC(C)(C)C(=O)OCn1cc(C2(C)CN(C(=O)C=Cc3cnc(NC4Cc5ccccc5C4)nc3)C2)nn1. The molecule has 2 aromatic heterocycles. The standard InChI is InChI=1S/C28H33N7O3/c1-27(2,3)25(37)38-18-35-15-23(32-33-35)28(4)16-34(17-28)24(36)10-9-19-13-29-26(30-14-19)31-22-11-20-7-5-6-8-21(20)12-22/h5-10,13-15,22H,11-12,16-18H2,1-4H3,(H,29,30,31).